The molecule has 0 radical (unpaired) electrons. The molecule has 1 unspecified atom stereocenters. The zero-order chi connectivity index (χ0) is 20.9. The average molecular weight is 428 g/mol. The van der Waals surface area contributed by atoms with Gasteiger partial charge in [-0.15, -0.1) is 13.2 Å². The van der Waals surface area contributed by atoms with Gasteiger partial charge in [0, 0.05) is 21.5 Å². The molecule has 1 aromatic rings. The Balaban J connectivity index is 1.89. The fourth-order valence-electron chi connectivity index (χ4n) is 2.75. The number of hydrazone groups is 1. The summed E-state index contributed by atoms with van der Waals surface area (Å²) in [6.45, 7) is 0.784. The number of alkyl halides is 6. The lowest BCUT2D eigenvalue weighted by atomic mass is 9.97. The van der Waals surface area contributed by atoms with Crippen LogP contribution in [0.25, 0.3) is 0 Å². The highest BCUT2D eigenvalue weighted by atomic mass is 35.5. The highest BCUT2D eigenvalue weighted by Crippen LogP contribution is 2.35. The Morgan fingerprint density at radius 2 is 1.86 bits per heavy atom. The van der Waals surface area contributed by atoms with Gasteiger partial charge in [0.15, 0.2) is 5.92 Å². The van der Waals surface area contributed by atoms with Gasteiger partial charge in [-0.3, -0.25) is 4.79 Å². The van der Waals surface area contributed by atoms with Crippen molar-refractivity contribution in [1.29, 1.82) is 0 Å². The molecule has 152 valence electrons. The normalized spacial score (nSPS) is 20.3. The molecular formula is C16H14ClF6N4O+. The molecule has 3 rings (SSSR count). The van der Waals surface area contributed by atoms with E-state index < -0.39 is 40.4 Å². The molecule has 1 saturated carbocycles. The quantitative estimate of drug-likeness (QED) is 0.425. The number of nitrogens with one attached hydrogen (secondary N) is 2. The molecule has 0 saturated heterocycles. The largest absolute Gasteiger partial charge is 0.662 e. The van der Waals surface area contributed by atoms with Gasteiger partial charge in [-0.2, -0.15) is 13.2 Å². The van der Waals surface area contributed by atoms with Crippen molar-refractivity contribution in [2.75, 3.05) is 10.6 Å². The van der Waals surface area contributed by atoms with Crippen LogP contribution in [-0.2, 0) is 4.79 Å². The van der Waals surface area contributed by atoms with Crippen molar-refractivity contribution in [2.24, 2.45) is 11.0 Å². The molecule has 0 spiro atoms. The topological polar surface area (TPSA) is 56.5 Å². The number of carbonyl (C=O) groups excluding carboxylic acids is 1. The summed E-state index contributed by atoms with van der Waals surface area (Å²) in [5.74, 6) is -4.33. The number of hydrogen-bond donors (Lipinski definition) is 2. The first-order valence-corrected chi connectivity index (χ1v) is 8.49. The standard InChI is InChI=1S/C16H13ClF6N4O/c1-7-12(15(18,19)20)13(27(26-7)16(21,22)23)14(28)25-9-4-5-11(10(17)6-9)24-8-2-3-8/h4-6,8,12,28H,2-3H2,1H3/p+1. The second-order valence-corrected chi connectivity index (χ2v) is 6.86. The molecule has 1 heterocycles. The highest BCUT2D eigenvalue weighted by Gasteiger charge is 2.62. The first-order chi connectivity index (χ1) is 12.9. The van der Waals surface area contributed by atoms with Gasteiger partial charge < -0.3 is 10.6 Å². The molecule has 1 aliphatic carbocycles. The fraction of sp³-hybridized carbons (Fsp3) is 0.438. The number of nitrogens with zero attached hydrogens (tertiary/aromatic N) is 2. The Hall–Kier alpha value is -2.30. The summed E-state index contributed by atoms with van der Waals surface area (Å²) >= 11 is 6.06. The van der Waals surface area contributed by atoms with E-state index in [1.54, 1.807) is 0 Å². The Labute approximate surface area is 160 Å². The van der Waals surface area contributed by atoms with Crippen LogP contribution < -0.4 is 10.6 Å². The second-order valence-electron chi connectivity index (χ2n) is 6.45. The third kappa shape index (κ3) is 4.23. The Morgan fingerprint density at radius 1 is 1.21 bits per heavy atom. The molecule has 1 atom stereocenters. The van der Waals surface area contributed by atoms with Crippen LogP contribution in [0.3, 0.4) is 0 Å². The van der Waals surface area contributed by atoms with Crippen molar-refractivity contribution in [2.45, 2.75) is 38.3 Å². The monoisotopic (exact) mass is 427 g/mol. The van der Waals surface area contributed by atoms with Crippen LogP contribution in [0, 0.1) is 5.92 Å². The third-order valence-corrected chi connectivity index (χ3v) is 4.45. The molecule has 1 aromatic carbocycles. The van der Waals surface area contributed by atoms with E-state index in [0.29, 0.717) is 5.69 Å². The first-order valence-electron chi connectivity index (χ1n) is 8.11. The number of anilines is 2. The molecule has 28 heavy (non-hydrogen) atoms. The van der Waals surface area contributed by atoms with E-state index in [1.165, 1.54) is 18.2 Å². The zero-order valence-electron chi connectivity index (χ0n) is 14.2. The third-order valence-electron chi connectivity index (χ3n) is 4.14. The van der Waals surface area contributed by atoms with Crippen LogP contribution in [0.2, 0.25) is 5.02 Å². The molecule has 12 heteroatoms. The zero-order valence-corrected chi connectivity index (χ0v) is 15.0. The van der Waals surface area contributed by atoms with Gasteiger partial charge in [0.2, 0.25) is 0 Å². The van der Waals surface area contributed by atoms with Crippen LogP contribution in [0.1, 0.15) is 19.8 Å². The van der Waals surface area contributed by atoms with Gasteiger partial charge >= 0.3 is 24.1 Å². The van der Waals surface area contributed by atoms with Gasteiger partial charge in [0.05, 0.1) is 10.7 Å². The SMILES string of the molecule is CC1=N[N+](C(F)(F)F)=C(C(=O)Nc2ccc(NC3CC3)c(Cl)c2)C1C(F)(F)F. The molecule has 0 aromatic heterocycles. The maximum Gasteiger partial charge on any atom is 0.662 e. The van der Waals surface area contributed by atoms with Crippen LogP contribution in [0.15, 0.2) is 23.3 Å². The number of benzene rings is 1. The average Bonchev–Trinajstić information content (AvgIpc) is 3.27. The highest BCUT2D eigenvalue weighted by molar-refractivity contribution is 6.46. The maximum atomic E-state index is 13.3. The summed E-state index contributed by atoms with van der Waals surface area (Å²) in [6, 6.07) is 4.34. The molecule has 1 aliphatic heterocycles. The lowest BCUT2D eigenvalue weighted by molar-refractivity contribution is -0.715. The minimum Gasteiger partial charge on any atom is -0.381 e. The molecular weight excluding hydrogens is 414 g/mol. The second kappa shape index (κ2) is 6.94. The number of hydrogen-bond acceptors (Lipinski definition) is 3. The summed E-state index contributed by atoms with van der Waals surface area (Å²) in [7, 11) is 0. The van der Waals surface area contributed by atoms with Crippen molar-refractivity contribution in [3.8, 4) is 0 Å². The summed E-state index contributed by atoms with van der Waals surface area (Å²) in [6.07, 6.45) is -8.46. The predicted octanol–water partition coefficient (Wildman–Crippen LogP) is 4.39. The molecule has 2 N–H and O–H groups in total. The smallest absolute Gasteiger partial charge is 0.381 e. The van der Waals surface area contributed by atoms with Gasteiger partial charge in [-0.1, -0.05) is 11.6 Å². The molecule has 1 fully saturated rings. The Kier molecular flexibility index (Phi) is 5.07. The summed E-state index contributed by atoms with van der Waals surface area (Å²) in [4.78, 5) is 12.3. The van der Waals surface area contributed by atoms with Gasteiger partial charge in [-0.25, -0.2) is 0 Å². The first kappa shape index (κ1) is 20.4. The molecule has 1 amide bonds. The maximum absolute atomic E-state index is 13.3. The van der Waals surface area contributed by atoms with Crippen molar-refractivity contribution in [3.05, 3.63) is 23.2 Å². The van der Waals surface area contributed by atoms with Gasteiger partial charge in [0.1, 0.15) is 5.71 Å². The van der Waals surface area contributed by atoms with Crippen LogP contribution in [0.4, 0.5) is 37.7 Å². The Morgan fingerprint density at radius 3 is 2.36 bits per heavy atom. The van der Waals surface area contributed by atoms with Crippen LogP contribution in [-0.4, -0.2) is 40.5 Å². The minimum atomic E-state index is -5.29. The van der Waals surface area contributed by atoms with Crippen molar-refractivity contribution in [1.82, 2.24) is 0 Å². The van der Waals surface area contributed by atoms with E-state index in [1.807, 2.05) is 5.32 Å². The van der Waals surface area contributed by atoms with Gasteiger partial charge in [-0.05, 0) is 38.0 Å². The number of amides is 1. The summed E-state index contributed by atoms with van der Waals surface area (Å²) < 4.78 is 78.3. The number of halogens is 7. The van der Waals surface area contributed by atoms with E-state index in [0.717, 1.165) is 19.8 Å². The minimum absolute atomic E-state index is 0.0450. The van der Waals surface area contributed by atoms with Gasteiger partial charge in [0.25, 0.3) is 0 Å². The molecule has 5 nitrogen and oxygen atoms in total. The van der Waals surface area contributed by atoms with E-state index in [-0.39, 0.29) is 16.8 Å². The summed E-state index contributed by atoms with van der Waals surface area (Å²) in [5, 5.41) is 8.22. The lowest BCUT2D eigenvalue weighted by Crippen LogP contribution is -2.44. The predicted molar refractivity (Wildman–Crippen MR) is 90.7 cm³/mol. The van der Waals surface area contributed by atoms with Crippen molar-refractivity contribution < 1.29 is 35.8 Å². The van der Waals surface area contributed by atoms with Crippen LogP contribution in [0.5, 0.6) is 0 Å². The Bertz CT molecular complexity index is 873. The van der Waals surface area contributed by atoms with Crippen LogP contribution >= 0.6 is 11.6 Å². The van der Waals surface area contributed by atoms with E-state index >= 15 is 0 Å². The molecule has 0 bridgehead atoms. The fourth-order valence-corrected chi connectivity index (χ4v) is 2.99. The van der Waals surface area contributed by atoms with E-state index in [2.05, 4.69) is 10.4 Å². The number of rotatable bonds is 4. The van der Waals surface area contributed by atoms with Crippen molar-refractivity contribution in [3.63, 3.8) is 0 Å². The van der Waals surface area contributed by atoms with E-state index in [4.69, 9.17) is 11.6 Å². The van der Waals surface area contributed by atoms with E-state index in [9.17, 15) is 31.1 Å². The summed E-state index contributed by atoms with van der Waals surface area (Å²) in [5.41, 5.74) is -1.93. The van der Waals surface area contributed by atoms with Crippen molar-refractivity contribution >= 4 is 40.3 Å². The number of carbonyl (C=O) groups is 1. The molecule has 2 aliphatic rings. The lowest BCUT2D eigenvalue weighted by Gasteiger charge is -2.14.